The van der Waals surface area contributed by atoms with Crippen molar-refractivity contribution < 1.29 is 14.3 Å². The molecular formula is C24H33IN4O3. The van der Waals surface area contributed by atoms with Gasteiger partial charge in [-0.15, -0.1) is 24.0 Å². The second kappa shape index (κ2) is 14.4. The lowest BCUT2D eigenvalue weighted by Crippen LogP contribution is -2.38. The number of esters is 1. The van der Waals surface area contributed by atoms with Crippen LogP contribution in [0.1, 0.15) is 38.8 Å². The highest BCUT2D eigenvalue weighted by atomic mass is 127. The summed E-state index contributed by atoms with van der Waals surface area (Å²) in [6.45, 7) is 4.13. The summed E-state index contributed by atoms with van der Waals surface area (Å²) < 4.78 is 4.72. The largest absolute Gasteiger partial charge is 0.465 e. The first-order valence-corrected chi connectivity index (χ1v) is 10.4. The van der Waals surface area contributed by atoms with Crippen LogP contribution < -0.4 is 10.6 Å². The second-order valence-electron chi connectivity index (χ2n) is 7.28. The van der Waals surface area contributed by atoms with Crippen molar-refractivity contribution in [3.05, 3.63) is 70.8 Å². The molecule has 0 aliphatic carbocycles. The van der Waals surface area contributed by atoms with Gasteiger partial charge in [0, 0.05) is 39.3 Å². The Morgan fingerprint density at radius 3 is 2.31 bits per heavy atom. The third-order valence-corrected chi connectivity index (χ3v) is 4.68. The van der Waals surface area contributed by atoms with Gasteiger partial charge in [0.05, 0.1) is 12.7 Å². The summed E-state index contributed by atoms with van der Waals surface area (Å²) in [5.41, 5.74) is 3.44. The van der Waals surface area contributed by atoms with E-state index in [1.807, 2.05) is 43.3 Å². The number of carbonyl (C=O) groups excluding carboxylic acids is 2. The van der Waals surface area contributed by atoms with Crippen molar-refractivity contribution in [2.75, 3.05) is 40.8 Å². The van der Waals surface area contributed by atoms with Gasteiger partial charge in [0.15, 0.2) is 5.96 Å². The van der Waals surface area contributed by atoms with Crippen LogP contribution in [0.15, 0.2) is 53.5 Å². The minimum absolute atomic E-state index is 0. The van der Waals surface area contributed by atoms with E-state index >= 15 is 0 Å². The molecule has 8 heteroatoms. The summed E-state index contributed by atoms with van der Waals surface area (Å²) in [5, 5.41) is 6.59. The number of rotatable bonds is 9. The highest BCUT2D eigenvalue weighted by Gasteiger charge is 2.08. The Labute approximate surface area is 207 Å². The van der Waals surface area contributed by atoms with Gasteiger partial charge in [0.25, 0.3) is 5.91 Å². The number of aliphatic imine (C=N–C) groups is 1. The molecule has 1 amide bonds. The molecule has 0 atom stereocenters. The van der Waals surface area contributed by atoms with Gasteiger partial charge in [0.2, 0.25) is 0 Å². The minimum atomic E-state index is -0.333. The molecule has 0 saturated carbocycles. The van der Waals surface area contributed by atoms with Crippen LogP contribution in [0.25, 0.3) is 0 Å². The van der Waals surface area contributed by atoms with Gasteiger partial charge in [-0.05, 0) is 55.2 Å². The SMILES string of the molecule is CCNC(=NCCc1ccc(C(=O)OC)cc1)NCCc1cccc(C(=O)N(C)C)c1.I. The molecule has 0 bridgehead atoms. The molecule has 0 heterocycles. The number of ether oxygens (including phenoxy) is 1. The zero-order valence-electron chi connectivity index (χ0n) is 19.2. The Bertz CT molecular complexity index is 898. The maximum atomic E-state index is 12.1. The first kappa shape index (κ1) is 27.4. The molecular weight excluding hydrogens is 519 g/mol. The van der Waals surface area contributed by atoms with Crippen LogP contribution in [-0.2, 0) is 17.6 Å². The standard InChI is InChI=1S/C24H32N4O3.HI/c1-5-25-24(26-15-13-18-9-11-20(12-10-18)23(30)31-4)27-16-14-19-7-6-8-21(17-19)22(29)28(2)3;/h6-12,17H,5,13-16H2,1-4H3,(H2,25,26,27);1H. The van der Waals surface area contributed by atoms with Crippen molar-refractivity contribution in [1.29, 1.82) is 0 Å². The Balaban J connectivity index is 0.00000512. The molecule has 0 unspecified atom stereocenters. The smallest absolute Gasteiger partial charge is 0.337 e. The number of hydrogen-bond donors (Lipinski definition) is 2. The number of guanidine groups is 1. The van der Waals surface area contributed by atoms with Crippen LogP contribution in [-0.4, -0.2) is 63.6 Å². The lowest BCUT2D eigenvalue weighted by Gasteiger charge is -2.13. The van der Waals surface area contributed by atoms with Crippen LogP contribution in [0.4, 0.5) is 0 Å². The predicted molar refractivity (Wildman–Crippen MR) is 139 cm³/mol. The molecule has 0 spiro atoms. The van der Waals surface area contributed by atoms with E-state index in [-0.39, 0.29) is 35.9 Å². The fraction of sp³-hybridized carbons (Fsp3) is 0.375. The third kappa shape index (κ3) is 8.86. The number of methoxy groups -OCH3 is 1. The molecule has 32 heavy (non-hydrogen) atoms. The van der Waals surface area contributed by atoms with Gasteiger partial charge in [-0.3, -0.25) is 9.79 Å². The summed E-state index contributed by atoms with van der Waals surface area (Å²) in [4.78, 5) is 29.8. The van der Waals surface area contributed by atoms with Crippen LogP contribution in [0, 0.1) is 0 Å². The number of halogens is 1. The van der Waals surface area contributed by atoms with Gasteiger partial charge in [0.1, 0.15) is 0 Å². The second-order valence-corrected chi connectivity index (χ2v) is 7.28. The molecule has 0 saturated heterocycles. The highest BCUT2D eigenvalue weighted by Crippen LogP contribution is 2.08. The molecule has 2 aromatic carbocycles. The molecule has 0 aromatic heterocycles. The van der Waals surface area contributed by atoms with Crippen molar-refractivity contribution in [2.24, 2.45) is 4.99 Å². The van der Waals surface area contributed by atoms with Gasteiger partial charge >= 0.3 is 5.97 Å². The third-order valence-electron chi connectivity index (χ3n) is 4.68. The summed E-state index contributed by atoms with van der Waals surface area (Å²) >= 11 is 0. The van der Waals surface area contributed by atoms with E-state index in [1.54, 1.807) is 31.1 Å². The fourth-order valence-corrected chi connectivity index (χ4v) is 3.01. The van der Waals surface area contributed by atoms with Crippen LogP contribution >= 0.6 is 24.0 Å². The maximum Gasteiger partial charge on any atom is 0.337 e. The number of benzene rings is 2. The molecule has 7 nitrogen and oxygen atoms in total. The zero-order valence-corrected chi connectivity index (χ0v) is 21.5. The van der Waals surface area contributed by atoms with E-state index in [9.17, 15) is 9.59 Å². The molecule has 2 N–H and O–H groups in total. The topological polar surface area (TPSA) is 83.0 Å². The monoisotopic (exact) mass is 552 g/mol. The van der Waals surface area contributed by atoms with E-state index in [0.717, 1.165) is 36.5 Å². The van der Waals surface area contributed by atoms with Crippen LogP contribution in [0.3, 0.4) is 0 Å². The first-order chi connectivity index (χ1) is 14.9. The Morgan fingerprint density at radius 2 is 1.69 bits per heavy atom. The van der Waals surface area contributed by atoms with Crippen molar-refractivity contribution in [2.45, 2.75) is 19.8 Å². The van der Waals surface area contributed by atoms with E-state index in [2.05, 4.69) is 15.6 Å². The Morgan fingerprint density at radius 1 is 0.969 bits per heavy atom. The van der Waals surface area contributed by atoms with E-state index < -0.39 is 0 Å². The van der Waals surface area contributed by atoms with E-state index in [1.165, 1.54) is 7.11 Å². The lowest BCUT2D eigenvalue weighted by atomic mass is 10.1. The average Bonchev–Trinajstić information content (AvgIpc) is 2.78. The number of amides is 1. The van der Waals surface area contributed by atoms with Crippen molar-refractivity contribution in [3.63, 3.8) is 0 Å². The quantitative estimate of drug-likeness (QED) is 0.216. The van der Waals surface area contributed by atoms with Gasteiger partial charge < -0.3 is 20.3 Å². The molecule has 0 radical (unpaired) electrons. The summed E-state index contributed by atoms with van der Waals surface area (Å²) in [6.07, 6.45) is 1.56. The summed E-state index contributed by atoms with van der Waals surface area (Å²) in [6, 6.07) is 15.1. The van der Waals surface area contributed by atoms with Gasteiger partial charge in [-0.25, -0.2) is 4.79 Å². The molecule has 0 aliphatic heterocycles. The van der Waals surface area contributed by atoms with Gasteiger partial charge in [-0.2, -0.15) is 0 Å². The number of nitrogens with one attached hydrogen (secondary N) is 2. The number of carbonyl (C=O) groups is 2. The lowest BCUT2D eigenvalue weighted by molar-refractivity contribution is 0.0600. The zero-order chi connectivity index (χ0) is 22.6. The Kier molecular flexibility index (Phi) is 12.4. The number of nitrogens with zero attached hydrogens (tertiary/aromatic N) is 2. The summed E-state index contributed by atoms with van der Waals surface area (Å²) in [7, 11) is 4.88. The van der Waals surface area contributed by atoms with Crippen molar-refractivity contribution >= 4 is 41.8 Å². The minimum Gasteiger partial charge on any atom is -0.465 e. The maximum absolute atomic E-state index is 12.1. The van der Waals surface area contributed by atoms with Crippen molar-refractivity contribution in [1.82, 2.24) is 15.5 Å². The normalized spacial score (nSPS) is 10.7. The number of hydrogen-bond acceptors (Lipinski definition) is 4. The molecule has 174 valence electrons. The fourth-order valence-electron chi connectivity index (χ4n) is 3.01. The van der Waals surface area contributed by atoms with Crippen molar-refractivity contribution in [3.8, 4) is 0 Å². The van der Waals surface area contributed by atoms with E-state index in [4.69, 9.17) is 4.74 Å². The molecule has 2 aromatic rings. The average molecular weight is 552 g/mol. The molecule has 0 fully saturated rings. The molecule has 2 rings (SSSR count). The van der Waals surface area contributed by atoms with Crippen LogP contribution in [0.2, 0.25) is 0 Å². The predicted octanol–water partition coefficient (Wildman–Crippen LogP) is 3.13. The first-order valence-electron chi connectivity index (χ1n) is 10.4. The summed E-state index contributed by atoms with van der Waals surface area (Å²) in [5.74, 6) is 0.429. The van der Waals surface area contributed by atoms with Gasteiger partial charge in [-0.1, -0.05) is 24.3 Å². The van der Waals surface area contributed by atoms with E-state index in [0.29, 0.717) is 24.2 Å². The Hall–Kier alpha value is -2.62. The highest BCUT2D eigenvalue weighted by molar-refractivity contribution is 14.0. The molecule has 0 aliphatic rings. The van der Waals surface area contributed by atoms with Crippen LogP contribution in [0.5, 0.6) is 0 Å².